The molecule has 0 bridgehead atoms. The molecule has 2 rings (SSSR count). The zero-order valence-corrected chi connectivity index (χ0v) is 12.8. The molecule has 1 amide bonds. The number of hydrogen-bond donors (Lipinski definition) is 2. The second-order valence-corrected chi connectivity index (χ2v) is 5.67. The number of methoxy groups -OCH3 is 1. The molecule has 0 saturated carbocycles. The average molecular weight is 317 g/mol. The molecule has 1 fully saturated rings. The highest BCUT2D eigenvalue weighted by Crippen LogP contribution is 2.21. The van der Waals surface area contributed by atoms with Gasteiger partial charge in [0.2, 0.25) is 5.91 Å². The van der Waals surface area contributed by atoms with Crippen molar-refractivity contribution in [1.29, 1.82) is 0 Å². The van der Waals surface area contributed by atoms with Crippen LogP contribution in [0.1, 0.15) is 12.0 Å². The van der Waals surface area contributed by atoms with E-state index in [1.807, 2.05) is 6.07 Å². The number of nitrogens with one attached hydrogen (secondary N) is 2. The summed E-state index contributed by atoms with van der Waals surface area (Å²) < 4.78 is 5.22. The molecule has 1 aliphatic rings. The van der Waals surface area contributed by atoms with Crippen molar-refractivity contribution < 1.29 is 9.53 Å². The number of rotatable bonds is 5. The fourth-order valence-electron chi connectivity index (χ4n) is 2.25. The number of carbonyl (C=O) groups excluding carboxylic acids is 1. The highest BCUT2D eigenvalue weighted by atomic mass is 35.5. The summed E-state index contributed by atoms with van der Waals surface area (Å²) in [6, 6.07) is 5.22. The van der Waals surface area contributed by atoms with Crippen molar-refractivity contribution in [2.45, 2.75) is 25.0 Å². The first-order chi connectivity index (χ1) is 9.60. The topological polar surface area (TPSA) is 50.4 Å². The summed E-state index contributed by atoms with van der Waals surface area (Å²) in [5.41, 5.74) is 0.977. The second kappa shape index (κ2) is 7.27. The molecule has 2 N–H and O–H groups in total. The van der Waals surface area contributed by atoms with Crippen LogP contribution in [0.5, 0.6) is 0 Å². The Kier molecular flexibility index (Phi) is 5.66. The highest BCUT2D eigenvalue weighted by molar-refractivity contribution is 6.35. The molecule has 110 valence electrons. The van der Waals surface area contributed by atoms with Gasteiger partial charge in [-0.3, -0.25) is 4.79 Å². The van der Waals surface area contributed by atoms with Crippen LogP contribution in [0, 0.1) is 0 Å². The number of benzene rings is 1. The van der Waals surface area contributed by atoms with Crippen LogP contribution in [0.2, 0.25) is 10.0 Å². The van der Waals surface area contributed by atoms with Gasteiger partial charge >= 0.3 is 0 Å². The van der Waals surface area contributed by atoms with Crippen LogP contribution in [0.15, 0.2) is 18.2 Å². The summed E-state index contributed by atoms with van der Waals surface area (Å²) in [6.45, 7) is 1.27. The van der Waals surface area contributed by atoms with Gasteiger partial charge in [0.1, 0.15) is 0 Å². The third kappa shape index (κ3) is 4.09. The van der Waals surface area contributed by atoms with Gasteiger partial charge in [-0.15, -0.1) is 0 Å². The molecule has 0 aromatic heterocycles. The molecular formula is C14H18Cl2N2O2. The summed E-state index contributed by atoms with van der Waals surface area (Å²) in [7, 11) is 1.66. The third-order valence-corrected chi connectivity index (χ3v) is 4.04. The summed E-state index contributed by atoms with van der Waals surface area (Å²) in [4.78, 5) is 12.0. The standard InChI is InChI=1S/C14H18Cl2N2O2/c1-20-11-7-13(18-8-11)14(19)17-5-4-9-2-3-10(15)6-12(9)16/h2-3,6,11,13,18H,4-5,7-8H2,1H3,(H,17,19). The monoisotopic (exact) mass is 316 g/mol. The first-order valence-corrected chi connectivity index (χ1v) is 7.33. The molecule has 4 nitrogen and oxygen atoms in total. The number of carbonyl (C=O) groups is 1. The minimum absolute atomic E-state index is 0.00892. The smallest absolute Gasteiger partial charge is 0.237 e. The number of amides is 1. The number of halogens is 2. The Hall–Kier alpha value is -0.810. The molecule has 1 aromatic carbocycles. The fourth-order valence-corrected chi connectivity index (χ4v) is 2.75. The highest BCUT2D eigenvalue weighted by Gasteiger charge is 2.28. The first kappa shape index (κ1) is 15.6. The maximum absolute atomic E-state index is 12.0. The van der Waals surface area contributed by atoms with E-state index in [9.17, 15) is 4.79 Å². The quantitative estimate of drug-likeness (QED) is 0.874. The van der Waals surface area contributed by atoms with E-state index in [1.54, 1.807) is 19.2 Å². The molecule has 0 spiro atoms. The maximum Gasteiger partial charge on any atom is 0.237 e. The lowest BCUT2D eigenvalue weighted by atomic mass is 10.1. The normalized spacial score (nSPS) is 21.9. The van der Waals surface area contributed by atoms with Gasteiger partial charge in [0.05, 0.1) is 12.1 Å². The molecule has 1 aromatic rings. The summed E-state index contributed by atoms with van der Waals surface area (Å²) in [6.07, 6.45) is 1.52. The van der Waals surface area contributed by atoms with E-state index in [4.69, 9.17) is 27.9 Å². The van der Waals surface area contributed by atoms with E-state index in [0.29, 0.717) is 29.4 Å². The van der Waals surface area contributed by atoms with Crippen LogP contribution < -0.4 is 10.6 Å². The molecule has 2 atom stereocenters. The van der Waals surface area contributed by atoms with Crippen LogP contribution in [-0.2, 0) is 16.0 Å². The molecule has 1 saturated heterocycles. The van der Waals surface area contributed by atoms with Gasteiger partial charge in [-0.25, -0.2) is 0 Å². The molecule has 0 radical (unpaired) electrons. The van der Waals surface area contributed by atoms with Gasteiger partial charge in [0, 0.05) is 30.2 Å². The van der Waals surface area contributed by atoms with Gasteiger partial charge in [-0.05, 0) is 30.5 Å². The van der Waals surface area contributed by atoms with E-state index in [-0.39, 0.29) is 18.1 Å². The van der Waals surface area contributed by atoms with Crippen molar-refractivity contribution in [3.63, 3.8) is 0 Å². The van der Waals surface area contributed by atoms with Gasteiger partial charge in [0.15, 0.2) is 0 Å². The van der Waals surface area contributed by atoms with Gasteiger partial charge in [0.25, 0.3) is 0 Å². The SMILES string of the molecule is COC1CNC(C(=O)NCCc2ccc(Cl)cc2Cl)C1. The van der Waals surface area contributed by atoms with Crippen molar-refractivity contribution in [2.24, 2.45) is 0 Å². The van der Waals surface area contributed by atoms with Crippen molar-refractivity contribution in [3.8, 4) is 0 Å². The van der Waals surface area contributed by atoms with Gasteiger partial charge < -0.3 is 15.4 Å². The lowest BCUT2D eigenvalue weighted by molar-refractivity contribution is -0.122. The predicted molar refractivity (Wildman–Crippen MR) is 80.4 cm³/mol. The van der Waals surface area contributed by atoms with Crippen molar-refractivity contribution in [2.75, 3.05) is 20.2 Å². The lowest BCUT2D eigenvalue weighted by Gasteiger charge is -2.11. The van der Waals surface area contributed by atoms with Crippen LogP contribution in [0.25, 0.3) is 0 Å². The predicted octanol–water partition coefficient (Wildman–Crippen LogP) is 2.03. The molecule has 1 heterocycles. The Morgan fingerprint density at radius 1 is 1.50 bits per heavy atom. The summed E-state index contributed by atoms with van der Waals surface area (Å²) >= 11 is 11.9. The van der Waals surface area contributed by atoms with Crippen molar-refractivity contribution in [1.82, 2.24) is 10.6 Å². The Labute approximate surface area is 128 Å². The van der Waals surface area contributed by atoms with Crippen molar-refractivity contribution in [3.05, 3.63) is 33.8 Å². The van der Waals surface area contributed by atoms with Crippen LogP contribution >= 0.6 is 23.2 Å². The first-order valence-electron chi connectivity index (χ1n) is 6.58. The van der Waals surface area contributed by atoms with E-state index < -0.39 is 0 Å². The number of ether oxygens (including phenoxy) is 1. The Morgan fingerprint density at radius 2 is 2.30 bits per heavy atom. The molecule has 2 unspecified atom stereocenters. The molecule has 0 aliphatic carbocycles. The van der Waals surface area contributed by atoms with Crippen LogP contribution in [-0.4, -0.2) is 38.3 Å². The minimum Gasteiger partial charge on any atom is -0.380 e. The fraction of sp³-hybridized carbons (Fsp3) is 0.500. The van der Waals surface area contributed by atoms with E-state index >= 15 is 0 Å². The van der Waals surface area contributed by atoms with E-state index in [0.717, 1.165) is 12.1 Å². The Bertz CT molecular complexity index is 482. The minimum atomic E-state index is -0.166. The molecule has 20 heavy (non-hydrogen) atoms. The largest absolute Gasteiger partial charge is 0.380 e. The molecule has 1 aliphatic heterocycles. The third-order valence-electron chi connectivity index (χ3n) is 3.45. The number of hydrogen-bond acceptors (Lipinski definition) is 3. The van der Waals surface area contributed by atoms with Crippen molar-refractivity contribution >= 4 is 29.1 Å². The zero-order valence-electron chi connectivity index (χ0n) is 11.3. The van der Waals surface area contributed by atoms with Crippen LogP contribution in [0.3, 0.4) is 0 Å². The molecule has 6 heteroatoms. The summed E-state index contributed by atoms with van der Waals surface area (Å²) in [5.74, 6) is 0.00892. The van der Waals surface area contributed by atoms with Gasteiger partial charge in [-0.2, -0.15) is 0 Å². The Morgan fingerprint density at radius 3 is 2.95 bits per heavy atom. The van der Waals surface area contributed by atoms with E-state index in [1.165, 1.54) is 0 Å². The van der Waals surface area contributed by atoms with Crippen LogP contribution in [0.4, 0.5) is 0 Å². The zero-order chi connectivity index (χ0) is 14.5. The second-order valence-electron chi connectivity index (χ2n) is 4.83. The average Bonchev–Trinajstić information content (AvgIpc) is 2.90. The van der Waals surface area contributed by atoms with E-state index in [2.05, 4.69) is 10.6 Å². The Balaban J connectivity index is 1.77. The lowest BCUT2D eigenvalue weighted by Crippen LogP contribution is -2.41. The van der Waals surface area contributed by atoms with Gasteiger partial charge in [-0.1, -0.05) is 29.3 Å². The maximum atomic E-state index is 12.0. The molecular weight excluding hydrogens is 299 g/mol. The summed E-state index contributed by atoms with van der Waals surface area (Å²) in [5, 5.41) is 7.30.